The minimum absolute atomic E-state index is 0.165. The maximum atomic E-state index is 11.2. The highest BCUT2D eigenvalue weighted by molar-refractivity contribution is 7.15. The third kappa shape index (κ3) is 4.54. The first kappa shape index (κ1) is 17.8. The highest BCUT2D eigenvalue weighted by atomic mass is 32.1. The van der Waals surface area contributed by atoms with Crippen molar-refractivity contribution in [2.24, 2.45) is 0 Å². The molecule has 0 aliphatic carbocycles. The topological polar surface area (TPSA) is 58.4 Å². The van der Waals surface area contributed by atoms with Crippen LogP contribution in [0, 0.1) is 10.1 Å². The van der Waals surface area contributed by atoms with Crippen LogP contribution in [0.4, 0.5) is 5.69 Å². The molecular formula is C19H23N3O2S. The van der Waals surface area contributed by atoms with Gasteiger partial charge in [0.05, 0.1) is 10.5 Å². The van der Waals surface area contributed by atoms with Crippen LogP contribution in [-0.2, 0) is 6.54 Å². The van der Waals surface area contributed by atoms with Crippen LogP contribution in [0.25, 0.3) is 10.4 Å². The summed E-state index contributed by atoms with van der Waals surface area (Å²) in [7, 11) is 0. The number of thiophene rings is 1. The van der Waals surface area contributed by atoms with E-state index in [1.807, 2.05) is 24.3 Å². The van der Waals surface area contributed by atoms with Crippen molar-refractivity contribution >= 4 is 17.0 Å². The lowest BCUT2D eigenvalue weighted by Gasteiger charge is -2.31. The number of nitro groups is 1. The van der Waals surface area contributed by atoms with Crippen molar-refractivity contribution in [2.75, 3.05) is 19.6 Å². The first-order valence-electron chi connectivity index (χ1n) is 8.56. The average molecular weight is 357 g/mol. The van der Waals surface area contributed by atoms with Crippen LogP contribution in [0.1, 0.15) is 17.7 Å². The Morgan fingerprint density at radius 2 is 2.04 bits per heavy atom. The van der Waals surface area contributed by atoms with Crippen LogP contribution < -0.4 is 5.32 Å². The van der Waals surface area contributed by atoms with E-state index in [1.54, 1.807) is 23.5 Å². The van der Waals surface area contributed by atoms with E-state index in [-0.39, 0.29) is 10.6 Å². The Morgan fingerprint density at radius 1 is 1.28 bits per heavy atom. The van der Waals surface area contributed by atoms with Crippen LogP contribution in [-0.4, -0.2) is 35.5 Å². The van der Waals surface area contributed by atoms with Crippen LogP contribution >= 0.6 is 11.3 Å². The number of para-hydroxylation sites is 1. The van der Waals surface area contributed by atoms with Gasteiger partial charge in [-0.1, -0.05) is 18.2 Å². The van der Waals surface area contributed by atoms with Gasteiger partial charge in [-0.3, -0.25) is 15.0 Å². The summed E-state index contributed by atoms with van der Waals surface area (Å²) in [5, 5.41) is 14.8. The van der Waals surface area contributed by atoms with E-state index in [2.05, 4.69) is 22.9 Å². The second-order valence-electron chi connectivity index (χ2n) is 6.28. The molecule has 0 bridgehead atoms. The normalized spacial score (nSPS) is 16.0. The van der Waals surface area contributed by atoms with E-state index >= 15 is 0 Å². The van der Waals surface area contributed by atoms with E-state index in [1.165, 1.54) is 4.88 Å². The van der Waals surface area contributed by atoms with Crippen LogP contribution in [0.3, 0.4) is 0 Å². The number of nitro benzene ring substituents is 1. The molecule has 25 heavy (non-hydrogen) atoms. The number of hydrogen-bond donors (Lipinski definition) is 1. The summed E-state index contributed by atoms with van der Waals surface area (Å²) >= 11 is 1.62. The van der Waals surface area contributed by atoms with Gasteiger partial charge in [-0.05, 0) is 44.1 Å². The molecule has 1 aliphatic rings. The molecule has 0 unspecified atom stereocenters. The lowest BCUT2D eigenvalue weighted by atomic mass is 10.1. The molecule has 0 radical (unpaired) electrons. The number of nitrogens with one attached hydrogen (secondary N) is 1. The second-order valence-corrected chi connectivity index (χ2v) is 7.45. The molecule has 0 amide bonds. The molecule has 0 atom stereocenters. The second kappa shape index (κ2) is 8.38. The van der Waals surface area contributed by atoms with Crippen LogP contribution in [0.15, 0.2) is 49.1 Å². The molecule has 0 spiro atoms. The average Bonchev–Trinajstić information content (AvgIpc) is 3.10. The Morgan fingerprint density at radius 3 is 2.76 bits per heavy atom. The number of piperidine rings is 1. The molecular weight excluding hydrogens is 334 g/mol. The van der Waals surface area contributed by atoms with Gasteiger partial charge in [0.15, 0.2) is 0 Å². The van der Waals surface area contributed by atoms with E-state index in [0.29, 0.717) is 11.6 Å². The molecule has 5 nitrogen and oxygen atoms in total. The van der Waals surface area contributed by atoms with E-state index in [0.717, 1.165) is 43.9 Å². The zero-order valence-corrected chi connectivity index (χ0v) is 15.0. The smallest absolute Gasteiger partial charge is 0.278 e. The van der Waals surface area contributed by atoms with Gasteiger partial charge < -0.3 is 5.32 Å². The molecule has 1 aromatic carbocycles. The summed E-state index contributed by atoms with van der Waals surface area (Å²) in [6.07, 6.45) is 4.26. The molecule has 132 valence electrons. The van der Waals surface area contributed by atoms with Crippen molar-refractivity contribution < 1.29 is 4.92 Å². The van der Waals surface area contributed by atoms with Crippen molar-refractivity contribution in [1.29, 1.82) is 0 Å². The third-order valence-electron chi connectivity index (χ3n) is 4.57. The highest BCUT2D eigenvalue weighted by Gasteiger charge is 2.19. The van der Waals surface area contributed by atoms with Crippen LogP contribution in [0.2, 0.25) is 0 Å². The number of nitrogens with zero attached hydrogens (tertiary/aromatic N) is 2. The van der Waals surface area contributed by atoms with E-state index in [9.17, 15) is 10.1 Å². The Kier molecular flexibility index (Phi) is 5.96. The monoisotopic (exact) mass is 357 g/mol. The zero-order chi connectivity index (χ0) is 17.6. The Bertz CT molecular complexity index is 736. The third-order valence-corrected chi connectivity index (χ3v) is 5.69. The van der Waals surface area contributed by atoms with Crippen molar-refractivity contribution in [3.8, 4) is 10.4 Å². The minimum Gasteiger partial charge on any atom is -0.309 e. The van der Waals surface area contributed by atoms with Gasteiger partial charge in [-0.2, -0.15) is 0 Å². The summed E-state index contributed by atoms with van der Waals surface area (Å²) in [6, 6.07) is 11.5. The predicted octanol–water partition coefficient (Wildman–Crippen LogP) is 4.06. The molecule has 1 aliphatic heterocycles. The van der Waals surface area contributed by atoms with Crippen molar-refractivity contribution in [2.45, 2.75) is 25.4 Å². The molecule has 2 aromatic rings. The van der Waals surface area contributed by atoms with Gasteiger partial charge in [0, 0.05) is 35.0 Å². The molecule has 1 aromatic heterocycles. The molecule has 1 N–H and O–H groups in total. The summed E-state index contributed by atoms with van der Waals surface area (Å²) in [4.78, 5) is 15.5. The number of likely N-dealkylation sites (tertiary alicyclic amines) is 1. The van der Waals surface area contributed by atoms with Gasteiger partial charge in [-0.25, -0.2) is 0 Å². The lowest BCUT2D eigenvalue weighted by molar-refractivity contribution is -0.384. The Labute approximate surface area is 152 Å². The van der Waals surface area contributed by atoms with E-state index < -0.39 is 0 Å². The van der Waals surface area contributed by atoms with E-state index in [4.69, 9.17) is 0 Å². The Hall–Kier alpha value is -2.02. The summed E-state index contributed by atoms with van der Waals surface area (Å²) < 4.78 is 0. The van der Waals surface area contributed by atoms with Crippen LogP contribution in [0.5, 0.6) is 0 Å². The summed E-state index contributed by atoms with van der Waals surface area (Å²) in [5.74, 6) is 0. The predicted molar refractivity (Wildman–Crippen MR) is 103 cm³/mol. The standard InChI is InChI=1S/C19H23N3O2S/c1-2-11-21-12-9-15(10-13-21)20-14-16-7-8-19(25-16)17-5-3-4-6-18(17)22(23)24/h2-8,15,20H,1,9-14H2. The van der Waals surface area contributed by atoms with Crippen molar-refractivity contribution in [3.63, 3.8) is 0 Å². The maximum absolute atomic E-state index is 11.2. The largest absolute Gasteiger partial charge is 0.309 e. The van der Waals surface area contributed by atoms with Gasteiger partial charge in [-0.15, -0.1) is 17.9 Å². The fourth-order valence-corrected chi connectivity index (χ4v) is 4.20. The number of rotatable bonds is 7. The fraction of sp³-hybridized carbons (Fsp3) is 0.368. The number of benzene rings is 1. The van der Waals surface area contributed by atoms with Gasteiger partial charge in [0.2, 0.25) is 0 Å². The molecule has 3 rings (SSSR count). The fourth-order valence-electron chi connectivity index (χ4n) is 3.21. The maximum Gasteiger partial charge on any atom is 0.278 e. The molecule has 1 fully saturated rings. The van der Waals surface area contributed by atoms with Crippen molar-refractivity contribution in [1.82, 2.24) is 10.2 Å². The molecule has 0 saturated carbocycles. The molecule has 1 saturated heterocycles. The van der Waals surface area contributed by atoms with Gasteiger partial charge in [0.1, 0.15) is 0 Å². The SMILES string of the molecule is C=CCN1CCC(NCc2ccc(-c3ccccc3[N+](=O)[O-])s2)CC1. The number of hydrogen-bond acceptors (Lipinski definition) is 5. The molecule has 2 heterocycles. The molecule has 6 heteroatoms. The lowest BCUT2D eigenvalue weighted by Crippen LogP contribution is -2.42. The zero-order valence-electron chi connectivity index (χ0n) is 14.2. The Balaban J connectivity index is 1.58. The quantitative estimate of drug-likeness (QED) is 0.461. The first-order chi connectivity index (χ1) is 12.2. The first-order valence-corrected chi connectivity index (χ1v) is 9.38. The van der Waals surface area contributed by atoms with Crippen molar-refractivity contribution in [3.05, 3.63) is 64.0 Å². The minimum atomic E-state index is -0.315. The summed E-state index contributed by atoms with van der Waals surface area (Å²) in [6.45, 7) is 7.80. The summed E-state index contributed by atoms with van der Waals surface area (Å²) in [5.41, 5.74) is 0.861. The van der Waals surface area contributed by atoms with Gasteiger partial charge >= 0.3 is 0 Å². The highest BCUT2D eigenvalue weighted by Crippen LogP contribution is 2.34. The van der Waals surface area contributed by atoms with Gasteiger partial charge in [0.25, 0.3) is 5.69 Å².